The number of benzene rings is 2. The van der Waals surface area contributed by atoms with Gasteiger partial charge in [0, 0.05) is 29.4 Å². The minimum Gasteiger partial charge on any atom is -0.497 e. The second-order valence-electron chi connectivity index (χ2n) is 6.81. The summed E-state index contributed by atoms with van der Waals surface area (Å²) in [5.41, 5.74) is 4.72. The van der Waals surface area contributed by atoms with Crippen LogP contribution in [0.4, 0.5) is 5.69 Å². The monoisotopic (exact) mass is 418 g/mol. The molecular formula is C24H22N2O3S. The lowest BCUT2D eigenvalue weighted by Crippen LogP contribution is -2.13. The molecule has 2 aromatic carbocycles. The van der Waals surface area contributed by atoms with Crippen molar-refractivity contribution in [2.24, 2.45) is 0 Å². The van der Waals surface area contributed by atoms with Crippen LogP contribution in [0.25, 0.3) is 16.8 Å². The number of hydrogen-bond donors (Lipinski definition) is 1. The third kappa shape index (κ3) is 3.82. The number of thiophene rings is 1. The first-order chi connectivity index (χ1) is 14.6. The number of rotatable bonds is 6. The zero-order valence-electron chi connectivity index (χ0n) is 17.0. The summed E-state index contributed by atoms with van der Waals surface area (Å²) in [5, 5.41) is 5.02. The molecule has 152 valence electrons. The third-order valence-corrected chi connectivity index (χ3v) is 5.79. The molecule has 4 aromatic rings. The van der Waals surface area contributed by atoms with Gasteiger partial charge in [-0.05, 0) is 36.8 Å². The second-order valence-corrected chi connectivity index (χ2v) is 7.69. The number of carbonyl (C=O) groups excluding carboxylic acids is 1. The Bertz CT molecular complexity index is 1180. The molecule has 0 spiro atoms. The fourth-order valence-corrected chi connectivity index (χ4v) is 4.32. The van der Waals surface area contributed by atoms with Gasteiger partial charge in [-0.25, -0.2) is 0 Å². The van der Waals surface area contributed by atoms with Gasteiger partial charge in [0.25, 0.3) is 5.91 Å². The van der Waals surface area contributed by atoms with E-state index in [9.17, 15) is 4.79 Å². The van der Waals surface area contributed by atoms with Crippen molar-refractivity contribution in [3.63, 3.8) is 0 Å². The molecular weight excluding hydrogens is 396 g/mol. The van der Waals surface area contributed by atoms with Crippen LogP contribution in [-0.2, 0) is 0 Å². The molecule has 0 aliphatic rings. The van der Waals surface area contributed by atoms with Crippen molar-refractivity contribution in [1.82, 2.24) is 4.57 Å². The van der Waals surface area contributed by atoms with Crippen LogP contribution in [0.2, 0.25) is 0 Å². The molecule has 0 unspecified atom stereocenters. The highest BCUT2D eigenvalue weighted by Gasteiger charge is 2.21. The Morgan fingerprint density at radius 1 is 1.00 bits per heavy atom. The van der Waals surface area contributed by atoms with Crippen LogP contribution in [0.1, 0.15) is 15.2 Å². The Morgan fingerprint density at radius 3 is 2.50 bits per heavy atom. The number of anilines is 1. The number of nitrogens with zero attached hydrogens (tertiary/aromatic N) is 1. The molecule has 2 aromatic heterocycles. The molecule has 6 heteroatoms. The van der Waals surface area contributed by atoms with Crippen molar-refractivity contribution in [1.29, 1.82) is 0 Å². The SMILES string of the molecule is COc1ccc(NC(=O)c2scc(-c3cccc(C)c3)c2-n2cccc2)c(OC)c1. The van der Waals surface area contributed by atoms with Gasteiger partial charge in [-0.15, -0.1) is 11.3 Å². The van der Waals surface area contributed by atoms with Gasteiger partial charge < -0.3 is 19.4 Å². The van der Waals surface area contributed by atoms with Crippen LogP contribution in [0.15, 0.2) is 72.4 Å². The Labute approximate surface area is 179 Å². The highest BCUT2D eigenvalue weighted by molar-refractivity contribution is 7.13. The number of aromatic nitrogens is 1. The molecule has 0 saturated heterocycles. The van der Waals surface area contributed by atoms with Crippen LogP contribution >= 0.6 is 11.3 Å². The van der Waals surface area contributed by atoms with Crippen molar-refractivity contribution in [2.75, 3.05) is 19.5 Å². The van der Waals surface area contributed by atoms with E-state index in [0.717, 1.165) is 16.8 Å². The number of nitrogens with one attached hydrogen (secondary N) is 1. The van der Waals surface area contributed by atoms with Crippen molar-refractivity contribution in [3.05, 3.63) is 82.8 Å². The maximum Gasteiger partial charge on any atom is 0.268 e. The van der Waals surface area contributed by atoms with Crippen molar-refractivity contribution < 1.29 is 14.3 Å². The molecule has 1 amide bonds. The Kier molecular flexibility index (Phi) is 5.59. The average molecular weight is 419 g/mol. The van der Waals surface area contributed by atoms with Crippen LogP contribution in [0, 0.1) is 6.92 Å². The number of amides is 1. The first kappa shape index (κ1) is 19.8. The van der Waals surface area contributed by atoms with Crippen LogP contribution in [-0.4, -0.2) is 24.7 Å². The van der Waals surface area contributed by atoms with Gasteiger partial charge in [0.2, 0.25) is 0 Å². The molecule has 0 saturated carbocycles. The first-order valence-electron chi connectivity index (χ1n) is 9.46. The number of ether oxygens (including phenoxy) is 2. The van der Waals surface area contributed by atoms with E-state index in [0.29, 0.717) is 22.1 Å². The molecule has 30 heavy (non-hydrogen) atoms. The summed E-state index contributed by atoms with van der Waals surface area (Å²) in [4.78, 5) is 13.9. The van der Waals surface area contributed by atoms with Crippen LogP contribution in [0.3, 0.4) is 0 Å². The third-order valence-electron chi connectivity index (χ3n) is 4.82. The van der Waals surface area contributed by atoms with E-state index in [1.165, 1.54) is 16.9 Å². The fourth-order valence-electron chi connectivity index (χ4n) is 3.35. The van der Waals surface area contributed by atoms with Gasteiger partial charge in [-0.2, -0.15) is 0 Å². The molecule has 0 aliphatic heterocycles. The average Bonchev–Trinajstić information content (AvgIpc) is 3.43. The number of carbonyl (C=O) groups is 1. The van der Waals surface area contributed by atoms with Gasteiger partial charge in [-0.3, -0.25) is 4.79 Å². The zero-order chi connectivity index (χ0) is 21.1. The summed E-state index contributed by atoms with van der Waals surface area (Å²) in [5.74, 6) is 1.02. The fraction of sp³-hybridized carbons (Fsp3) is 0.125. The van der Waals surface area contributed by atoms with E-state index >= 15 is 0 Å². The van der Waals surface area contributed by atoms with Gasteiger partial charge in [0.1, 0.15) is 16.4 Å². The summed E-state index contributed by atoms with van der Waals surface area (Å²) < 4.78 is 12.6. The number of aryl methyl sites for hydroxylation is 1. The molecule has 5 nitrogen and oxygen atoms in total. The maximum absolute atomic E-state index is 13.3. The summed E-state index contributed by atoms with van der Waals surface area (Å²) in [6.07, 6.45) is 3.90. The highest BCUT2D eigenvalue weighted by Crippen LogP contribution is 2.37. The van der Waals surface area contributed by atoms with Gasteiger partial charge >= 0.3 is 0 Å². The molecule has 0 fully saturated rings. The Morgan fingerprint density at radius 2 is 1.80 bits per heavy atom. The Balaban J connectivity index is 1.75. The van der Waals surface area contributed by atoms with Gasteiger partial charge in [0.15, 0.2) is 0 Å². The maximum atomic E-state index is 13.3. The molecule has 0 bridgehead atoms. The summed E-state index contributed by atoms with van der Waals surface area (Å²) in [6, 6.07) is 17.5. The second kappa shape index (κ2) is 8.47. The van der Waals surface area contributed by atoms with Gasteiger partial charge in [0.05, 0.1) is 25.6 Å². The van der Waals surface area contributed by atoms with E-state index in [1.807, 2.05) is 40.5 Å². The van der Waals surface area contributed by atoms with Crippen LogP contribution < -0.4 is 14.8 Å². The lowest BCUT2D eigenvalue weighted by Gasteiger charge is -2.13. The van der Waals surface area contributed by atoms with Crippen molar-refractivity contribution in [3.8, 4) is 28.3 Å². The first-order valence-corrected chi connectivity index (χ1v) is 10.3. The predicted molar refractivity (Wildman–Crippen MR) is 121 cm³/mol. The number of hydrogen-bond acceptors (Lipinski definition) is 4. The lowest BCUT2D eigenvalue weighted by atomic mass is 10.0. The van der Waals surface area contributed by atoms with Crippen LogP contribution in [0.5, 0.6) is 11.5 Å². The molecule has 0 aliphatic carbocycles. The van der Waals surface area contributed by atoms with Crippen molar-refractivity contribution >= 4 is 22.9 Å². The van der Waals surface area contributed by atoms with E-state index in [2.05, 4.69) is 30.4 Å². The van der Waals surface area contributed by atoms with Gasteiger partial charge in [-0.1, -0.05) is 29.8 Å². The Hall–Kier alpha value is -3.51. The molecule has 1 N–H and O–H groups in total. The number of methoxy groups -OCH3 is 2. The highest BCUT2D eigenvalue weighted by atomic mass is 32.1. The summed E-state index contributed by atoms with van der Waals surface area (Å²) in [6.45, 7) is 2.06. The normalized spacial score (nSPS) is 10.6. The largest absolute Gasteiger partial charge is 0.497 e. The molecule has 4 rings (SSSR count). The summed E-state index contributed by atoms with van der Waals surface area (Å²) >= 11 is 1.43. The zero-order valence-corrected chi connectivity index (χ0v) is 17.8. The molecule has 2 heterocycles. The minimum absolute atomic E-state index is 0.189. The molecule has 0 atom stereocenters. The van der Waals surface area contributed by atoms with E-state index in [4.69, 9.17) is 9.47 Å². The smallest absolute Gasteiger partial charge is 0.268 e. The van der Waals surface area contributed by atoms with E-state index in [1.54, 1.807) is 32.4 Å². The predicted octanol–water partition coefficient (Wildman–Crippen LogP) is 5.78. The quantitative estimate of drug-likeness (QED) is 0.432. The minimum atomic E-state index is -0.189. The standard InChI is InChI=1S/C24H22N2O3S/c1-16-7-6-8-17(13-16)19-15-30-23(22(19)26-11-4-5-12-26)24(27)25-20-10-9-18(28-2)14-21(20)29-3/h4-15H,1-3H3,(H,25,27). The van der Waals surface area contributed by atoms with Crippen molar-refractivity contribution in [2.45, 2.75) is 6.92 Å². The summed E-state index contributed by atoms with van der Waals surface area (Å²) in [7, 11) is 3.16. The topological polar surface area (TPSA) is 52.5 Å². The lowest BCUT2D eigenvalue weighted by molar-refractivity contribution is 0.103. The molecule has 0 radical (unpaired) electrons. The van der Waals surface area contributed by atoms with E-state index in [-0.39, 0.29) is 5.91 Å². The van der Waals surface area contributed by atoms with E-state index < -0.39 is 0 Å².